The molecule has 1 N–H and O–H groups in total. The first-order chi connectivity index (χ1) is 7.24. The van der Waals surface area contributed by atoms with Gasteiger partial charge in [-0.15, -0.1) is 0 Å². The second kappa shape index (κ2) is 8.75. The highest BCUT2D eigenvalue weighted by molar-refractivity contribution is 5.78. The Morgan fingerprint density at radius 1 is 1.20 bits per heavy atom. The van der Waals surface area contributed by atoms with E-state index in [4.69, 9.17) is 0 Å². The van der Waals surface area contributed by atoms with Gasteiger partial charge in [-0.05, 0) is 38.0 Å². The van der Waals surface area contributed by atoms with Gasteiger partial charge in [0.25, 0.3) is 0 Å². The second-order valence-corrected chi connectivity index (χ2v) is 4.25. The molecule has 0 saturated heterocycles. The summed E-state index contributed by atoms with van der Waals surface area (Å²) in [5, 5.41) is 2.98. The fourth-order valence-electron chi connectivity index (χ4n) is 1.91. The number of hydrogen-bond donors (Lipinski definition) is 1. The van der Waals surface area contributed by atoms with Crippen molar-refractivity contribution in [1.82, 2.24) is 5.32 Å². The van der Waals surface area contributed by atoms with Crippen LogP contribution in [0.2, 0.25) is 0 Å². The molecule has 1 amide bonds. The fourth-order valence-corrected chi connectivity index (χ4v) is 1.91. The van der Waals surface area contributed by atoms with Crippen LogP contribution in [0.5, 0.6) is 0 Å². The maximum atomic E-state index is 11.6. The van der Waals surface area contributed by atoms with Gasteiger partial charge in [0.2, 0.25) is 5.91 Å². The zero-order valence-electron chi connectivity index (χ0n) is 10.8. The van der Waals surface area contributed by atoms with Crippen LogP contribution in [0, 0.1) is 11.8 Å². The number of carbonyl (C=O) groups is 1. The van der Waals surface area contributed by atoms with Crippen LogP contribution in [0.3, 0.4) is 0 Å². The largest absolute Gasteiger partial charge is 0.356 e. The standard InChI is InChI=1S/C11H21NO.C2H6/c1-3-8-12-11(13)10-6-4-9(2)5-7-10;1-2/h9-10H,3-8H2,1-2H3,(H,12,13);1-2H3. The molecule has 0 bridgehead atoms. The molecule has 15 heavy (non-hydrogen) atoms. The van der Waals surface area contributed by atoms with Crippen molar-refractivity contribution in [3.05, 3.63) is 0 Å². The van der Waals surface area contributed by atoms with Crippen molar-refractivity contribution < 1.29 is 4.79 Å². The Bertz CT molecular complexity index is 160. The van der Waals surface area contributed by atoms with Crippen molar-refractivity contribution in [2.75, 3.05) is 6.54 Å². The molecular weight excluding hydrogens is 186 g/mol. The minimum atomic E-state index is 0.286. The molecule has 0 spiro atoms. The van der Waals surface area contributed by atoms with Gasteiger partial charge in [0.1, 0.15) is 0 Å². The molecule has 90 valence electrons. The van der Waals surface area contributed by atoms with Gasteiger partial charge in [0.05, 0.1) is 0 Å². The monoisotopic (exact) mass is 213 g/mol. The minimum absolute atomic E-state index is 0.286. The van der Waals surface area contributed by atoms with Gasteiger partial charge in [-0.25, -0.2) is 0 Å². The van der Waals surface area contributed by atoms with E-state index in [2.05, 4.69) is 19.2 Å². The van der Waals surface area contributed by atoms with Crippen LogP contribution in [0.15, 0.2) is 0 Å². The van der Waals surface area contributed by atoms with Gasteiger partial charge in [0, 0.05) is 12.5 Å². The Morgan fingerprint density at radius 3 is 2.20 bits per heavy atom. The van der Waals surface area contributed by atoms with Crippen molar-refractivity contribution in [3.8, 4) is 0 Å². The van der Waals surface area contributed by atoms with E-state index in [0.717, 1.165) is 31.7 Å². The third-order valence-corrected chi connectivity index (χ3v) is 2.94. The van der Waals surface area contributed by atoms with Crippen molar-refractivity contribution in [2.24, 2.45) is 11.8 Å². The van der Waals surface area contributed by atoms with E-state index in [1.807, 2.05) is 13.8 Å². The number of nitrogens with one attached hydrogen (secondary N) is 1. The summed E-state index contributed by atoms with van der Waals surface area (Å²) < 4.78 is 0. The van der Waals surface area contributed by atoms with E-state index in [-0.39, 0.29) is 5.91 Å². The average Bonchev–Trinajstić information content (AvgIpc) is 2.29. The van der Waals surface area contributed by atoms with E-state index >= 15 is 0 Å². The van der Waals surface area contributed by atoms with Crippen LogP contribution in [-0.4, -0.2) is 12.5 Å². The predicted molar refractivity (Wildman–Crippen MR) is 65.8 cm³/mol. The summed E-state index contributed by atoms with van der Waals surface area (Å²) in [6, 6.07) is 0. The maximum absolute atomic E-state index is 11.6. The van der Waals surface area contributed by atoms with Crippen molar-refractivity contribution in [3.63, 3.8) is 0 Å². The van der Waals surface area contributed by atoms with Crippen LogP contribution in [0.1, 0.15) is 59.8 Å². The summed E-state index contributed by atoms with van der Waals surface area (Å²) >= 11 is 0. The zero-order chi connectivity index (χ0) is 11.7. The van der Waals surface area contributed by atoms with E-state index in [1.165, 1.54) is 12.8 Å². The highest BCUT2D eigenvalue weighted by Gasteiger charge is 2.23. The molecule has 0 aromatic heterocycles. The van der Waals surface area contributed by atoms with E-state index < -0.39 is 0 Å². The number of carbonyl (C=O) groups excluding carboxylic acids is 1. The highest BCUT2D eigenvalue weighted by atomic mass is 16.1. The lowest BCUT2D eigenvalue weighted by atomic mass is 9.82. The van der Waals surface area contributed by atoms with Gasteiger partial charge >= 0.3 is 0 Å². The SMILES string of the molecule is CC.CCCNC(=O)C1CCC(C)CC1. The number of amides is 1. The van der Waals surface area contributed by atoms with E-state index in [1.54, 1.807) is 0 Å². The molecule has 1 rings (SSSR count). The van der Waals surface area contributed by atoms with Crippen LogP contribution in [0.25, 0.3) is 0 Å². The van der Waals surface area contributed by atoms with E-state index in [9.17, 15) is 4.79 Å². The molecule has 0 atom stereocenters. The summed E-state index contributed by atoms with van der Waals surface area (Å²) in [5.41, 5.74) is 0. The topological polar surface area (TPSA) is 29.1 Å². The molecule has 1 fully saturated rings. The lowest BCUT2D eigenvalue weighted by molar-refractivity contribution is -0.126. The molecule has 0 unspecified atom stereocenters. The Balaban J connectivity index is 0.000000921. The Morgan fingerprint density at radius 2 is 1.73 bits per heavy atom. The molecule has 2 nitrogen and oxygen atoms in total. The zero-order valence-corrected chi connectivity index (χ0v) is 10.8. The highest BCUT2D eigenvalue weighted by Crippen LogP contribution is 2.28. The fraction of sp³-hybridized carbons (Fsp3) is 0.923. The molecule has 2 heteroatoms. The smallest absolute Gasteiger partial charge is 0.223 e. The first-order valence-corrected chi connectivity index (χ1v) is 6.51. The van der Waals surface area contributed by atoms with Gasteiger partial charge in [-0.2, -0.15) is 0 Å². The van der Waals surface area contributed by atoms with Crippen molar-refractivity contribution in [2.45, 2.75) is 59.8 Å². The molecule has 0 radical (unpaired) electrons. The molecule has 0 aliphatic heterocycles. The summed E-state index contributed by atoms with van der Waals surface area (Å²) in [5.74, 6) is 1.42. The van der Waals surface area contributed by atoms with E-state index in [0.29, 0.717) is 5.92 Å². The van der Waals surface area contributed by atoms with Crippen LogP contribution < -0.4 is 5.32 Å². The van der Waals surface area contributed by atoms with Crippen molar-refractivity contribution in [1.29, 1.82) is 0 Å². The van der Waals surface area contributed by atoms with Crippen molar-refractivity contribution >= 4 is 5.91 Å². The van der Waals surface area contributed by atoms with Crippen LogP contribution in [0.4, 0.5) is 0 Å². The van der Waals surface area contributed by atoms with Gasteiger partial charge < -0.3 is 5.32 Å². The summed E-state index contributed by atoms with van der Waals surface area (Å²) in [7, 11) is 0. The maximum Gasteiger partial charge on any atom is 0.223 e. The quantitative estimate of drug-likeness (QED) is 0.765. The Hall–Kier alpha value is -0.530. The second-order valence-electron chi connectivity index (χ2n) is 4.25. The van der Waals surface area contributed by atoms with Gasteiger partial charge in [0.15, 0.2) is 0 Å². The first-order valence-electron chi connectivity index (χ1n) is 6.51. The first kappa shape index (κ1) is 14.5. The number of hydrogen-bond acceptors (Lipinski definition) is 1. The van der Waals surface area contributed by atoms with Gasteiger partial charge in [-0.1, -0.05) is 27.7 Å². The summed E-state index contributed by atoms with van der Waals surface area (Å²) in [6.45, 7) is 9.20. The normalized spacial score (nSPS) is 25.1. The molecule has 1 saturated carbocycles. The lowest BCUT2D eigenvalue weighted by Crippen LogP contribution is -2.33. The molecule has 0 aromatic rings. The average molecular weight is 213 g/mol. The van der Waals surface area contributed by atoms with Gasteiger partial charge in [-0.3, -0.25) is 4.79 Å². The minimum Gasteiger partial charge on any atom is -0.356 e. The molecule has 1 aliphatic carbocycles. The van der Waals surface area contributed by atoms with Crippen LogP contribution in [-0.2, 0) is 4.79 Å². The predicted octanol–water partition coefficient (Wildman–Crippen LogP) is 3.37. The Kier molecular flexibility index (Phi) is 8.44. The lowest BCUT2D eigenvalue weighted by Gasteiger charge is -2.25. The number of rotatable bonds is 3. The molecule has 0 aromatic carbocycles. The molecule has 0 heterocycles. The van der Waals surface area contributed by atoms with Crippen LogP contribution >= 0.6 is 0 Å². The summed E-state index contributed by atoms with van der Waals surface area (Å²) in [4.78, 5) is 11.6. The third kappa shape index (κ3) is 5.81. The third-order valence-electron chi connectivity index (χ3n) is 2.94. The molecule has 1 aliphatic rings. The Labute approximate surface area is 94.8 Å². The summed E-state index contributed by atoms with van der Waals surface area (Å²) in [6.07, 6.45) is 5.68. The molecular formula is C13H27NO.